The summed E-state index contributed by atoms with van der Waals surface area (Å²) in [6, 6.07) is 7.36. The third-order valence-electron chi connectivity index (χ3n) is 3.55. The number of carbonyl (C=O) groups is 1. The molecule has 0 unspecified atom stereocenters. The van der Waals surface area contributed by atoms with E-state index in [4.69, 9.17) is 4.74 Å². The normalized spacial score (nSPS) is 16.6. The lowest BCUT2D eigenvalue weighted by Crippen LogP contribution is -2.42. The Morgan fingerprint density at radius 3 is 2.24 bits per heavy atom. The van der Waals surface area contributed by atoms with Crippen molar-refractivity contribution in [2.45, 2.75) is 49.4 Å². The average molecular weight is 387 g/mol. The van der Waals surface area contributed by atoms with Gasteiger partial charge in [-0.15, -0.1) is 11.8 Å². The van der Waals surface area contributed by atoms with E-state index in [-0.39, 0.29) is 6.09 Å². The van der Waals surface area contributed by atoms with Crippen molar-refractivity contribution in [2.75, 3.05) is 24.1 Å². The summed E-state index contributed by atoms with van der Waals surface area (Å²) in [6.45, 7) is 7.00. The summed E-state index contributed by atoms with van der Waals surface area (Å²) in [5, 5.41) is 0.437. The molecule has 6 nitrogen and oxygen atoms in total. The molecule has 1 fully saturated rings. The Balaban J connectivity index is 1.83. The van der Waals surface area contributed by atoms with E-state index in [1.54, 1.807) is 28.8 Å². The number of sulfonamides is 1. The number of nitrogens with zero attached hydrogens (tertiary/aromatic N) is 1. The summed E-state index contributed by atoms with van der Waals surface area (Å²) in [6.07, 6.45) is 2.71. The summed E-state index contributed by atoms with van der Waals surface area (Å²) in [7, 11) is -3.25. The standard InChI is InChI=1S/C17H26N2O4S2/c1-17(2,3)23-16(20)19-11-9-15(10-12-19)24-14-7-5-13(6-8-14)18-25(4,21)22/h5-8,15,18H,9-12H2,1-4H3. The highest BCUT2D eigenvalue weighted by atomic mass is 32.2. The van der Waals surface area contributed by atoms with Crippen LogP contribution in [-0.2, 0) is 14.8 Å². The second kappa shape index (κ2) is 7.86. The summed E-state index contributed by atoms with van der Waals surface area (Å²) in [5.41, 5.74) is 0.0938. The minimum atomic E-state index is -3.25. The van der Waals surface area contributed by atoms with Crippen LogP contribution in [0.5, 0.6) is 0 Å². The largest absolute Gasteiger partial charge is 0.444 e. The van der Waals surface area contributed by atoms with Crippen LogP contribution >= 0.6 is 11.8 Å². The molecule has 1 aromatic rings. The van der Waals surface area contributed by atoms with Gasteiger partial charge in [0.2, 0.25) is 10.0 Å². The average Bonchev–Trinajstić information content (AvgIpc) is 2.47. The molecule has 1 saturated heterocycles. The highest BCUT2D eigenvalue weighted by molar-refractivity contribution is 8.00. The van der Waals surface area contributed by atoms with Crippen molar-refractivity contribution >= 4 is 33.6 Å². The van der Waals surface area contributed by atoms with Crippen LogP contribution in [0.2, 0.25) is 0 Å². The predicted octanol–water partition coefficient (Wildman–Crippen LogP) is 3.55. The van der Waals surface area contributed by atoms with E-state index in [1.807, 2.05) is 32.9 Å². The maximum atomic E-state index is 12.1. The number of hydrogen-bond acceptors (Lipinski definition) is 5. The molecule has 1 aliphatic rings. The number of nitrogens with one attached hydrogen (secondary N) is 1. The first-order chi connectivity index (χ1) is 11.5. The lowest BCUT2D eigenvalue weighted by atomic mass is 10.1. The zero-order valence-corrected chi connectivity index (χ0v) is 16.7. The summed E-state index contributed by atoms with van der Waals surface area (Å²) >= 11 is 1.76. The lowest BCUT2D eigenvalue weighted by molar-refractivity contribution is 0.0219. The van der Waals surface area contributed by atoms with Crippen molar-refractivity contribution in [3.8, 4) is 0 Å². The van der Waals surface area contributed by atoms with Crippen molar-refractivity contribution in [3.63, 3.8) is 0 Å². The lowest BCUT2D eigenvalue weighted by Gasteiger charge is -2.33. The zero-order valence-electron chi connectivity index (χ0n) is 15.1. The number of anilines is 1. The first kappa shape index (κ1) is 19.9. The second-order valence-corrected chi connectivity index (χ2v) is 10.3. The van der Waals surface area contributed by atoms with Crippen LogP contribution < -0.4 is 4.72 Å². The van der Waals surface area contributed by atoms with Gasteiger partial charge < -0.3 is 9.64 Å². The van der Waals surface area contributed by atoms with Gasteiger partial charge in [0, 0.05) is 28.9 Å². The number of carbonyl (C=O) groups excluding carboxylic acids is 1. The molecule has 0 bridgehead atoms. The fourth-order valence-electron chi connectivity index (χ4n) is 2.49. The Bertz CT molecular complexity index is 688. The zero-order chi connectivity index (χ0) is 18.7. The van der Waals surface area contributed by atoms with Crippen LogP contribution in [0.1, 0.15) is 33.6 Å². The Morgan fingerprint density at radius 2 is 1.76 bits per heavy atom. The van der Waals surface area contributed by atoms with Crippen molar-refractivity contribution in [3.05, 3.63) is 24.3 Å². The SMILES string of the molecule is CC(C)(C)OC(=O)N1CCC(Sc2ccc(NS(C)(=O)=O)cc2)CC1. The number of hydrogen-bond donors (Lipinski definition) is 1. The number of thioether (sulfide) groups is 1. The summed E-state index contributed by atoms with van der Waals surface area (Å²) in [4.78, 5) is 14.9. The Hall–Kier alpha value is -1.41. The molecule has 0 radical (unpaired) electrons. The van der Waals surface area contributed by atoms with Gasteiger partial charge in [-0.1, -0.05) is 0 Å². The van der Waals surface area contributed by atoms with Crippen LogP contribution in [0, 0.1) is 0 Å². The molecule has 0 saturated carbocycles. The van der Waals surface area contributed by atoms with Crippen molar-refractivity contribution in [1.29, 1.82) is 0 Å². The molecule has 25 heavy (non-hydrogen) atoms. The highest BCUT2D eigenvalue weighted by Crippen LogP contribution is 2.31. The topological polar surface area (TPSA) is 75.7 Å². The van der Waals surface area contributed by atoms with Crippen LogP contribution in [-0.4, -0.2) is 49.6 Å². The minimum absolute atomic E-state index is 0.243. The van der Waals surface area contributed by atoms with Gasteiger partial charge >= 0.3 is 6.09 Å². The van der Waals surface area contributed by atoms with Gasteiger partial charge in [0.25, 0.3) is 0 Å². The van der Waals surface area contributed by atoms with Gasteiger partial charge in [0.1, 0.15) is 5.60 Å². The Morgan fingerprint density at radius 1 is 1.20 bits per heavy atom. The molecule has 1 heterocycles. The number of amides is 1. The molecule has 1 aliphatic heterocycles. The van der Waals surface area contributed by atoms with Gasteiger partial charge in [-0.25, -0.2) is 13.2 Å². The van der Waals surface area contributed by atoms with Crippen molar-refractivity contribution in [2.24, 2.45) is 0 Å². The summed E-state index contributed by atoms with van der Waals surface area (Å²) < 4.78 is 30.3. The molecule has 0 atom stereocenters. The molecule has 140 valence electrons. The number of ether oxygens (including phenoxy) is 1. The van der Waals surface area contributed by atoms with E-state index in [9.17, 15) is 13.2 Å². The van der Waals surface area contributed by atoms with Crippen LogP contribution in [0.4, 0.5) is 10.5 Å². The van der Waals surface area contributed by atoms with Crippen LogP contribution in [0.25, 0.3) is 0 Å². The van der Waals surface area contributed by atoms with E-state index in [0.29, 0.717) is 24.0 Å². The second-order valence-electron chi connectivity index (χ2n) is 7.18. The molecule has 0 aromatic heterocycles. The van der Waals surface area contributed by atoms with E-state index in [2.05, 4.69) is 4.72 Å². The van der Waals surface area contributed by atoms with Crippen molar-refractivity contribution < 1.29 is 17.9 Å². The third-order valence-corrected chi connectivity index (χ3v) is 5.51. The predicted molar refractivity (Wildman–Crippen MR) is 102 cm³/mol. The molecular formula is C17H26N2O4S2. The Kier molecular flexibility index (Phi) is 6.26. The molecular weight excluding hydrogens is 360 g/mol. The maximum absolute atomic E-state index is 12.1. The molecule has 2 rings (SSSR count). The molecule has 1 amide bonds. The molecule has 0 spiro atoms. The first-order valence-electron chi connectivity index (χ1n) is 8.24. The number of rotatable bonds is 4. The van der Waals surface area contributed by atoms with E-state index in [1.165, 1.54) is 0 Å². The fourth-order valence-corrected chi connectivity index (χ4v) is 4.18. The molecule has 0 aliphatic carbocycles. The number of benzene rings is 1. The van der Waals surface area contributed by atoms with E-state index in [0.717, 1.165) is 24.0 Å². The smallest absolute Gasteiger partial charge is 0.410 e. The fraction of sp³-hybridized carbons (Fsp3) is 0.588. The van der Waals surface area contributed by atoms with Gasteiger partial charge in [0.05, 0.1) is 6.26 Å². The number of likely N-dealkylation sites (tertiary alicyclic amines) is 1. The maximum Gasteiger partial charge on any atom is 0.410 e. The van der Waals surface area contributed by atoms with Crippen LogP contribution in [0.15, 0.2) is 29.2 Å². The van der Waals surface area contributed by atoms with Crippen LogP contribution in [0.3, 0.4) is 0 Å². The number of piperidine rings is 1. The molecule has 8 heteroatoms. The first-order valence-corrected chi connectivity index (χ1v) is 11.0. The monoisotopic (exact) mass is 386 g/mol. The van der Waals surface area contributed by atoms with Gasteiger partial charge in [-0.05, 0) is 57.9 Å². The van der Waals surface area contributed by atoms with Gasteiger partial charge in [-0.3, -0.25) is 4.72 Å². The highest BCUT2D eigenvalue weighted by Gasteiger charge is 2.27. The molecule has 1 N–H and O–H groups in total. The Labute approximate surface area is 154 Å². The van der Waals surface area contributed by atoms with Gasteiger partial charge in [0.15, 0.2) is 0 Å². The quantitative estimate of drug-likeness (QED) is 0.856. The van der Waals surface area contributed by atoms with E-state index >= 15 is 0 Å². The summed E-state index contributed by atoms with van der Waals surface area (Å²) in [5.74, 6) is 0. The van der Waals surface area contributed by atoms with E-state index < -0.39 is 15.6 Å². The third kappa shape index (κ3) is 7.15. The molecule has 1 aromatic carbocycles. The van der Waals surface area contributed by atoms with Gasteiger partial charge in [-0.2, -0.15) is 0 Å². The minimum Gasteiger partial charge on any atom is -0.444 e. The van der Waals surface area contributed by atoms with Crippen molar-refractivity contribution in [1.82, 2.24) is 4.90 Å².